The molecule has 0 aliphatic carbocycles. The zero-order valence-corrected chi connectivity index (χ0v) is 7.20. The Morgan fingerprint density at radius 2 is 2.08 bits per heavy atom. The smallest absolute Gasteiger partial charge is 0.326 e. The Bertz CT molecular complexity index is 181. The minimum absolute atomic E-state index is 0.116. The summed E-state index contributed by atoms with van der Waals surface area (Å²) in [6.45, 7) is 3.60. The van der Waals surface area contributed by atoms with E-state index >= 15 is 0 Å². The minimum Gasteiger partial charge on any atom is -0.480 e. The van der Waals surface area contributed by atoms with Crippen molar-refractivity contribution in [2.24, 2.45) is 11.7 Å². The quantitative estimate of drug-likeness (QED) is 0.566. The Balaban J connectivity index is 4.22. The zero-order chi connectivity index (χ0) is 9.72. The Kier molecular flexibility index (Phi) is 4.10. The number of aliphatic carboxylic acids is 1. The van der Waals surface area contributed by atoms with Crippen LogP contribution in [0.2, 0.25) is 0 Å². The van der Waals surface area contributed by atoms with Crippen LogP contribution in [0.4, 0.5) is 4.79 Å². The van der Waals surface area contributed by atoms with E-state index in [1.54, 1.807) is 6.92 Å². The lowest BCUT2D eigenvalue weighted by Gasteiger charge is -2.18. The fourth-order valence-corrected chi connectivity index (χ4v) is 0.836. The van der Waals surface area contributed by atoms with E-state index < -0.39 is 18.0 Å². The van der Waals surface area contributed by atoms with E-state index in [0.29, 0.717) is 6.42 Å². The van der Waals surface area contributed by atoms with Crippen molar-refractivity contribution in [2.45, 2.75) is 26.3 Å². The molecule has 0 fully saturated rings. The van der Waals surface area contributed by atoms with Crippen LogP contribution in [0.25, 0.3) is 0 Å². The first-order chi connectivity index (χ1) is 5.49. The van der Waals surface area contributed by atoms with Gasteiger partial charge in [0.05, 0.1) is 0 Å². The van der Waals surface area contributed by atoms with Crippen molar-refractivity contribution in [1.29, 1.82) is 0 Å². The van der Waals surface area contributed by atoms with Crippen LogP contribution in [0.1, 0.15) is 20.3 Å². The molecule has 0 unspecified atom stereocenters. The van der Waals surface area contributed by atoms with Gasteiger partial charge < -0.3 is 16.2 Å². The molecule has 5 nitrogen and oxygen atoms in total. The molecule has 0 saturated heterocycles. The fourth-order valence-electron chi connectivity index (χ4n) is 0.836. The van der Waals surface area contributed by atoms with Crippen molar-refractivity contribution < 1.29 is 14.7 Å². The average Bonchev–Trinajstić information content (AvgIpc) is 1.98. The molecule has 0 aromatic rings. The highest BCUT2D eigenvalue weighted by Gasteiger charge is 2.23. The van der Waals surface area contributed by atoms with Gasteiger partial charge in [-0.2, -0.15) is 0 Å². The van der Waals surface area contributed by atoms with E-state index in [9.17, 15) is 9.59 Å². The van der Waals surface area contributed by atoms with Gasteiger partial charge in [0.1, 0.15) is 6.04 Å². The van der Waals surface area contributed by atoms with E-state index in [1.807, 2.05) is 6.92 Å². The maximum absolute atomic E-state index is 10.6. The van der Waals surface area contributed by atoms with Crippen LogP contribution in [0.5, 0.6) is 0 Å². The Hall–Kier alpha value is -1.26. The molecule has 0 aliphatic heterocycles. The summed E-state index contributed by atoms with van der Waals surface area (Å²) in [5.41, 5.74) is 4.81. The predicted molar refractivity (Wildman–Crippen MR) is 43.6 cm³/mol. The number of urea groups is 1. The Labute approximate surface area is 70.9 Å². The third-order valence-corrected chi connectivity index (χ3v) is 1.78. The largest absolute Gasteiger partial charge is 0.480 e. The number of hydrogen-bond acceptors (Lipinski definition) is 2. The molecule has 0 spiro atoms. The summed E-state index contributed by atoms with van der Waals surface area (Å²) in [5.74, 6) is -1.17. The second-order valence-electron chi connectivity index (χ2n) is 2.71. The third kappa shape index (κ3) is 3.23. The van der Waals surface area contributed by atoms with E-state index in [1.165, 1.54) is 0 Å². The normalized spacial score (nSPS) is 14.8. The second-order valence-corrected chi connectivity index (χ2v) is 2.71. The number of primary amides is 1. The van der Waals surface area contributed by atoms with Crippen molar-refractivity contribution in [3.8, 4) is 0 Å². The van der Waals surface area contributed by atoms with Gasteiger partial charge in [-0.25, -0.2) is 9.59 Å². The van der Waals surface area contributed by atoms with Crippen LogP contribution in [-0.2, 0) is 4.79 Å². The average molecular weight is 174 g/mol. The lowest BCUT2D eigenvalue weighted by molar-refractivity contribution is -0.140. The molecule has 0 aliphatic rings. The van der Waals surface area contributed by atoms with Gasteiger partial charge in [0.15, 0.2) is 0 Å². The number of hydrogen-bond donors (Lipinski definition) is 3. The highest BCUT2D eigenvalue weighted by atomic mass is 16.4. The molecule has 2 amide bonds. The van der Waals surface area contributed by atoms with Crippen LogP contribution < -0.4 is 11.1 Å². The number of carboxylic acid groups (broad SMARTS) is 1. The van der Waals surface area contributed by atoms with E-state index in [-0.39, 0.29) is 5.92 Å². The number of rotatable bonds is 4. The van der Waals surface area contributed by atoms with Crippen LogP contribution in [0.15, 0.2) is 0 Å². The second kappa shape index (κ2) is 4.58. The van der Waals surface area contributed by atoms with E-state index in [2.05, 4.69) is 5.32 Å². The first-order valence-electron chi connectivity index (χ1n) is 3.77. The van der Waals surface area contributed by atoms with E-state index in [4.69, 9.17) is 10.8 Å². The number of amides is 2. The van der Waals surface area contributed by atoms with Crippen molar-refractivity contribution in [2.75, 3.05) is 0 Å². The van der Waals surface area contributed by atoms with Gasteiger partial charge in [-0.05, 0) is 5.92 Å². The summed E-state index contributed by atoms with van der Waals surface area (Å²) < 4.78 is 0. The van der Waals surface area contributed by atoms with Crippen molar-refractivity contribution in [1.82, 2.24) is 5.32 Å². The molecule has 0 bridgehead atoms. The first kappa shape index (κ1) is 10.7. The summed E-state index contributed by atoms with van der Waals surface area (Å²) in [6, 6.07) is -1.68. The van der Waals surface area contributed by atoms with Crippen molar-refractivity contribution in [3.63, 3.8) is 0 Å². The highest BCUT2D eigenvalue weighted by Crippen LogP contribution is 2.07. The minimum atomic E-state index is -1.05. The van der Waals surface area contributed by atoms with Gasteiger partial charge in [0.25, 0.3) is 0 Å². The number of carboxylic acids is 1. The molecular formula is C7H14N2O3. The van der Waals surface area contributed by atoms with Crippen LogP contribution in [0.3, 0.4) is 0 Å². The lowest BCUT2D eigenvalue weighted by atomic mass is 10.00. The summed E-state index contributed by atoms with van der Waals surface area (Å²) in [6.07, 6.45) is 0.678. The summed E-state index contributed by atoms with van der Waals surface area (Å²) >= 11 is 0. The van der Waals surface area contributed by atoms with Gasteiger partial charge in [0.2, 0.25) is 0 Å². The zero-order valence-electron chi connectivity index (χ0n) is 7.20. The van der Waals surface area contributed by atoms with Gasteiger partial charge in [-0.1, -0.05) is 20.3 Å². The van der Waals surface area contributed by atoms with Crippen molar-refractivity contribution >= 4 is 12.0 Å². The number of nitrogens with two attached hydrogens (primary N) is 1. The molecule has 0 aromatic heterocycles. The molecule has 2 atom stereocenters. The maximum atomic E-state index is 10.6. The van der Waals surface area contributed by atoms with Gasteiger partial charge >= 0.3 is 12.0 Å². The molecule has 0 aromatic carbocycles. The standard InChI is InChI=1S/C7H14N2O3/c1-3-4(2)5(6(10)11)9-7(8)12/h4-5H,3H2,1-2H3,(H,10,11)(H3,8,9,12)/t4-,5+/m1/s1. The molecule has 70 valence electrons. The van der Waals surface area contributed by atoms with Gasteiger partial charge in [-0.3, -0.25) is 0 Å². The Morgan fingerprint density at radius 3 is 2.33 bits per heavy atom. The van der Waals surface area contributed by atoms with Crippen LogP contribution in [-0.4, -0.2) is 23.1 Å². The molecular weight excluding hydrogens is 160 g/mol. The topological polar surface area (TPSA) is 92.4 Å². The fraction of sp³-hybridized carbons (Fsp3) is 0.714. The number of carbonyl (C=O) groups is 2. The van der Waals surface area contributed by atoms with E-state index in [0.717, 1.165) is 0 Å². The third-order valence-electron chi connectivity index (χ3n) is 1.78. The van der Waals surface area contributed by atoms with Crippen molar-refractivity contribution in [3.05, 3.63) is 0 Å². The van der Waals surface area contributed by atoms with Gasteiger partial charge in [-0.15, -0.1) is 0 Å². The monoisotopic (exact) mass is 174 g/mol. The summed E-state index contributed by atoms with van der Waals surface area (Å²) in [4.78, 5) is 20.9. The van der Waals surface area contributed by atoms with Crippen LogP contribution >= 0.6 is 0 Å². The molecule has 4 N–H and O–H groups in total. The van der Waals surface area contributed by atoms with Crippen LogP contribution in [0, 0.1) is 5.92 Å². The maximum Gasteiger partial charge on any atom is 0.326 e. The molecule has 0 rings (SSSR count). The highest BCUT2D eigenvalue weighted by molar-refractivity contribution is 5.81. The summed E-state index contributed by atoms with van der Waals surface area (Å²) in [5, 5.41) is 10.8. The summed E-state index contributed by atoms with van der Waals surface area (Å²) in [7, 11) is 0. The number of nitrogens with one attached hydrogen (secondary N) is 1. The molecule has 0 saturated carbocycles. The molecule has 0 heterocycles. The molecule has 0 radical (unpaired) electrons. The lowest BCUT2D eigenvalue weighted by Crippen LogP contribution is -2.47. The predicted octanol–water partition coefficient (Wildman–Crippen LogP) is 0.154. The molecule has 5 heteroatoms. The first-order valence-corrected chi connectivity index (χ1v) is 3.77. The Morgan fingerprint density at radius 1 is 1.58 bits per heavy atom. The molecule has 12 heavy (non-hydrogen) atoms. The number of carbonyl (C=O) groups excluding carboxylic acids is 1. The SMILES string of the molecule is CC[C@@H](C)[C@H](NC(N)=O)C(=O)O. The van der Waals surface area contributed by atoms with Gasteiger partial charge in [0, 0.05) is 0 Å².